The third-order valence-electron chi connectivity index (χ3n) is 1.59. The molecule has 0 amide bonds. The molecule has 2 atom stereocenters. The van der Waals surface area contributed by atoms with Crippen molar-refractivity contribution in [3.63, 3.8) is 0 Å². The number of hydrogen-bond acceptors (Lipinski definition) is 5. The van der Waals surface area contributed by atoms with Crippen LogP contribution in [0.4, 0.5) is 0 Å². The normalized spacial score (nSPS) is 25.5. The highest BCUT2D eigenvalue weighted by Gasteiger charge is 2.28. The fourth-order valence-corrected chi connectivity index (χ4v) is 1.04. The fourth-order valence-electron chi connectivity index (χ4n) is 1.04. The summed E-state index contributed by atoms with van der Waals surface area (Å²) in [5.41, 5.74) is 0. The second-order valence-electron chi connectivity index (χ2n) is 2.56. The summed E-state index contributed by atoms with van der Waals surface area (Å²) in [6.45, 7) is 0.486. The number of rotatable bonds is 1. The number of aliphatic hydroxyl groups excluding tert-OH is 1. The molecule has 1 fully saturated rings. The number of ether oxygens (including phenoxy) is 1. The molecule has 1 saturated heterocycles. The summed E-state index contributed by atoms with van der Waals surface area (Å²) in [6.07, 6.45) is 0.0660. The Balaban J connectivity index is 0.000000364. The molecule has 0 unspecified atom stereocenters. The Morgan fingerprint density at radius 3 is 2.43 bits per heavy atom. The van der Waals surface area contributed by atoms with Gasteiger partial charge in [0.15, 0.2) is 0 Å². The van der Waals surface area contributed by atoms with Crippen molar-refractivity contribution < 1.29 is 18.8 Å². The lowest BCUT2D eigenvalue weighted by molar-refractivity contribution is -0.142. The van der Waals surface area contributed by atoms with E-state index in [0.29, 0.717) is 13.0 Å². The van der Waals surface area contributed by atoms with Crippen molar-refractivity contribution in [1.82, 2.24) is 5.32 Å². The van der Waals surface area contributed by atoms with Crippen LogP contribution in [0.3, 0.4) is 0 Å². The summed E-state index contributed by atoms with van der Waals surface area (Å²) >= 11 is 0. The number of nitrogens with one attached hydrogen (secondary N) is 1. The molecule has 1 aliphatic rings. The van der Waals surface area contributed by atoms with Crippen molar-refractivity contribution in [2.75, 3.05) is 13.7 Å². The maximum atomic E-state index is 10.8. The van der Waals surface area contributed by atoms with Crippen molar-refractivity contribution in [2.45, 2.75) is 18.6 Å². The lowest BCUT2D eigenvalue weighted by atomic mass is 10.2. The Kier molecular flexibility index (Phi) is 7.48. The van der Waals surface area contributed by atoms with Crippen LogP contribution < -0.4 is 5.32 Å². The van der Waals surface area contributed by atoms with Gasteiger partial charge in [0.25, 0.3) is 0 Å². The van der Waals surface area contributed by atoms with E-state index in [2.05, 4.69) is 31.4 Å². The third kappa shape index (κ3) is 6.56. The minimum Gasteiger partial charge on any atom is -0.468 e. The topological polar surface area (TPSA) is 75.6 Å². The highest BCUT2D eigenvalue weighted by atomic mass is 36.0. The highest BCUT2D eigenvalue weighted by Crippen LogP contribution is 2.06. The van der Waals surface area contributed by atoms with E-state index in [-0.39, 0.29) is 12.0 Å². The molecule has 0 bridgehead atoms. The summed E-state index contributed by atoms with van der Waals surface area (Å²) < 4.78 is 13.6. The van der Waals surface area contributed by atoms with Crippen LogP contribution in [-0.2, 0) is 18.8 Å². The number of esters is 1. The molecule has 14 heavy (non-hydrogen) atoms. The van der Waals surface area contributed by atoms with Gasteiger partial charge >= 0.3 is 5.97 Å². The zero-order valence-electron chi connectivity index (χ0n) is 7.41. The monoisotopic (exact) mass is 263 g/mol. The molecule has 0 aromatic carbocycles. The molecule has 5 nitrogen and oxygen atoms in total. The average Bonchev–Trinajstić information content (AvgIpc) is 2.49. The number of halogens is 2. The van der Waals surface area contributed by atoms with Gasteiger partial charge in [0.1, 0.15) is 6.04 Å². The standard InChI is InChI=1S/C6H11NO3.Cl2OS/c1-10-6(9)5-2-4(8)3-7-5;1-4(2)3/h4-5,7-8H,2-3H2,1H3;/t4-,5+;/m1./s1. The van der Waals surface area contributed by atoms with Gasteiger partial charge in [-0.1, -0.05) is 0 Å². The molecule has 84 valence electrons. The summed E-state index contributed by atoms with van der Waals surface area (Å²) in [4.78, 5) is 10.8. The molecule has 2 N–H and O–H groups in total. The minimum absolute atomic E-state index is 0.295. The van der Waals surface area contributed by atoms with Gasteiger partial charge in [-0.25, -0.2) is 4.21 Å². The van der Waals surface area contributed by atoms with Crippen LogP contribution in [0.1, 0.15) is 6.42 Å². The second-order valence-corrected chi connectivity index (χ2v) is 5.08. The Morgan fingerprint density at radius 1 is 1.64 bits per heavy atom. The predicted molar refractivity (Wildman–Crippen MR) is 54.3 cm³/mol. The van der Waals surface area contributed by atoms with E-state index in [0.717, 1.165) is 0 Å². The Morgan fingerprint density at radius 2 is 2.14 bits per heavy atom. The van der Waals surface area contributed by atoms with Gasteiger partial charge in [0.05, 0.1) is 13.2 Å². The quantitative estimate of drug-likeness (QED) is 0.512. The van der Waals surface area contributed by atoms with Gasteiger partial charge < -0.3 is 15.2 Å². The van der Waals surface area contributed by atoms with E-state index in [4.69, 9.17) is 9.32 Å². The van der Waals surface area contributed by atoms with Crippen molar-refractivity contribution in [3.8, 4) is 0 Å². The number of carbonyl (C=O) groups excluding carboxylic acids is 1. The van der Waals surface area contributed by atoms with E-state index in [1.165, 1.54) is 7.11 Å². The molecule has 0 aromatic rings. The van der Waals surface area contributed by atoms with Crippen LogP contribution in [0, 0.1) is 0 Å². The third-order valence-corrected chi connectivity index (χ3v) is 1.59. The van der Waals surface area contributed by atoms with Gasteiger partial charge in [-0.05, 0) is 0 Å². The number of hydrogen-bond donors (Lipinski definition) is 2. The molecule has 8 heteroatoms. The van der Waals surface area contributed by atoms with Crippen LogP contribution in [0.25, 0.3) is 0 Å². The predicted octanol–water partition coefficient (Wildman–Crippen LogP) is -0.0751. The smallest absolute Gasteiger partial charge is 0.322 e. The molecule has 1 heterocycles. The van der Waals surface area contributed by atoms with Crippen molar-refractivity contribution in [2.24, 2.45) is 0 Å². The van der Waals surface area contributed by atoms with Crippen molar-refractivity contribution >= 4 is 36.6 Å². The molecular formula is C6H11Cl2NO4S. The molecule has 0 aliphatic carbocycles. The summed E-state index contributed by atoms with van der Waals surface area (Å²) in [5.74, 6) is -0.295. The molecular weight excluding hydrogens is 253 g/mol. The van der Waals surface area contributed by atoms with E-state index >= 15 is 0 Å². The largest absolute Gasteiger partial charge is 0.468 e. The van der Waals surface area contributed by atoms with Crippen LogP contribution in [0.2, 0.25) is 0 Å². The van der Waals surface area contributed by atoms with Crippen molar-refractivity contribution in [3.05, 3.63) is 0 Å². The zero-order chi connectivity index (χ0) is 11.1. The number of aliphatic hydroxyl groups is 1. The molecule has 1 rings (SSSR count). The Labute approximate surface area is 93.2 Å². The lowest BCUT2D eigenvalue weighted by Crippen LogP contribution is -2.31. The van der Waals surface area contributed by atoms with E-state index < -0.39 is 15.3 Å². The Hall–Kier alpha value is 0.120. The van der Waals surface area contributed by atoms with E-state index in [1.807, 2.05) is 0 Å². The first-order valence-corrected chi connectivity index (χ1v) is 6.51. The van der Waals surface area contributed by atoms with Gasteiger partial charge in [0, 0.05) is 34.3 Å². The van der Waals surface area contributed by atoms with Gasteiger partial charge in [-0.3, -0.25) is 4.79 Å². The van der Waals surface area contributed by atoms with Gasteiger partial charge in [0.2, 0.25) is 9.23 Å². The molecule has 1 aliphatic heterocycles. The number of β-amino-alcohol motifs (C(OH)–C–C–N with tert-alkyl or cyclic N) is 1. The van der Waals surface area contributed by atoms with Crippen LogP contribution in [-0.4, -0.2) is 41.1 Å². The number of methoxy groups -OCH3 is 1. The first kappa shape index (κ1) is 14.1. The molecule has 0 radical (unpaired) electrons. The first-order chi connectivity index (χ1) is 6.47. The summed E-state index contributed by atoms with van der Waals surface area (Å²) in [7, 11) is 8.70. The van der Waals surface area contributed by atoms with Crippen LogP contribution in [0.5, 0.6) is 0 Å². The second kappa shape index (κ2) is 7.42. The maximum Gasteiger partial charge on any atom is 0.322 e. The molecule has 0 aromatic heterocycles. The fraction of sp³-hybridized carbons (Fsp3) is 0.833. The number of carbonyl (C=O) groups is 1. The highest BCUT2D eigenvalue weighted by molar-refractivity contribution is 8.26. The maximum absolute atomic E-state index is 10.8. The van der Waals surface area contributed by atoms with Crippen LogP contribution in [0.15, 0.2) is 0 Å². The Bertz CT molecular complexity index is 212. The lowest BCUT2D eigenvalue weighted by Gasteiger charge is -2.05. The summed E-state index contributed by atoms with van der Waals surface area (Å²) in [6, 6.07) is -0.306. The molecule has 0 saturated carbocycles. The molecule has 0 spiro atoms. The van der Waals surface area contributed by atoms with Gasteiger partial charge in [-0.2, -0.15) is 0 Å². The SMILES string of the molecule is COC(=O)[C@@H]1C[C@@H](O)CN1.O=S(Cl)Cl. The average molecular weight is 264 g/mol. The van der Waals surface area contributed by atoms with Crippen molar-refractivity contribution in [1.29, 1.82) is 0 Å². The zero-order valence-corrected chi connectivity index (χ0v) is 9.73. The van der Waals surface area contributed by atoms with Crippen LogP contribution >= 0.6 is 21.4 Å². The van der Waals surface area contributed by atoms with E-state index in [1.54, 1.807) is 0 Å². The van der Waals surface area contributed by atoms with E-state index in [9.17, 15) is 4.79 Å². The summed E-state index contributed by atoms with van der Waals surface area (Å²) in [5, 5.41) is 11.8. The van der Waals surface area contributed by atoms with Gasteiger partial charge in [-0.15, -0.1) is 0 Å². The first-order valence-electron chi connectivity index (χ1n) is 3.71. The minimum atomic E-state index is -1.67.